The minimum atomic E-state index is -0.420. The lowest BCUT2D eigenvalue weighted by molar-refractivity contribution is -0.132. The summed E-state index contributed by atoms with van der Waals surface area (Å²) >= 11 is 6.04. The molecule has 0 bridgehead atoms. The third-order valence-corrected chi connectivity index (χ3v) is 5.10. The maximum Gasteiger partial charge on any atom is 0.244 e. The van der Waals surface area contributed by atoms with Gasteiger partial charge in [-0.3, -0.25) is 9.59 Å². The van der Waals surface area contributed by atoms with E-state index in [9.17, 15) is 14.0 Å². The number of halogens is 2. The summed E-state index contributed by atoms with van der Waals surface area (Å²) in [6, 6.07) is 13.9. The lowest BCUT2D eigenvalue weighted by atomic mass is 10.1. The second-order valence-corrected chi connectivity index (χ2v) is 7.31. The minimum Gasteiger partial charge on any atom is -0.368 e. The van der Waals surface area contributed by atoms with Crippen molar-refractivity contribution in [2.75, 3.05) is 37.6 Å². The smallest absolute Gasteiger partial charge is 0.244 e. The SMILES string of the molecule is C/C(=C\C(=O)NCC(=O)N1CCN(c2cccc(Cl)c2)CC1)c1ccccc1F. The summed E-state index contributed by atoms with van der Waals surface area (Å²) in [6.45, 7) is 4.13. The van der Waals surface area contributed by atoms with Gasteiger partial charge in [0.25, 0.3) is 0 Å². The molecule has 1 N–H and O–H groups in total. The van der Waals surface area contributed by atoms with Crippen molar-refractivity contribution in [2.24, 2.45) is 0 Å². The van der Waals surface area contributed by atoms with Gasteiger partial charge < -0.3 is 15.1 Å². The van der Waals surface area contributed by atoms with Gasteiger partial charge in [-0.2, -0.15) is 0 Å². The Morgan fingerprint density at radius 1 is 1.10 bits per heavy atom. The molecule has 0 radical (unpaired) electrons. The summed E-state index contributed by atoms with van der Waals surface area (Å²) in [5.74, 6) is -0.944. The highest BCUT2D eigenvalue weighted by atomic mass is 35.5. The van der Waals surface area contributed by atoms with Gasteiger partial charge in [0.05, 0.1) is 6.54 Å². The van der Waals surface area contributed by atoms with Crippen LogP contribution in [0.25, 0.3) is 5.57 Å². The van der Waals surface area contributed by atoms with Crippen molar-refractivity contribution >= 4 is 34.7 Å². The van der Waals surface area contributed by atoms with E-state index in [0.717, 1.165) is 5.69 Å². The summed E-state index contributed by atoms with van der Waals surface area (Å²) in [4.78, 5) is 28.4. The van der Waals surface area contributed by atoms with E-state index in [0.29, 0.717) is 42.3 Å². The molecule has 0 atom stereocenters. The normalized spacial score (nSPS) is 14.7. The molecule has 1 heterocycles. The van der Waals surface area contributed by atoms with E-state index in [4.69, 9.17) is 11.6 Å². The Balaban J connectivity index is 1.48. The zero-order valence-corrected chi connectivity index (χ0v) is 17.0. The third-order valence-electron chi connectivity index (χ3n) is 4.87. The van der Waals surface area contributed by atoms with Crippen molar-refractivity contribution < 1.29 is 14.0 Å². The van der Waals surface area contributed by atoms with Gasteiger partial charge in [0.15, 0.2) is 0 Å². The van der Waals surface area contributed by atoms with Crippen LogP contribution in [0.3, 0.4) is 0 Å². The molecule has 2 aromatic rings. The van der Waals surface area contributed by atoms with Gasteiger partial charge in [0.1, 0.15) is 5.82 Å². The molecule has 2 amide bonds. The van der Waals surface area contributed by atoms with Crippen molar-refractivity contribution in [3.63, 3.8) is 0 Å². The number of amides is 2. The van der Waals surface area contributed by atoms with Crippen molar-refractivity contribution in [3.05, 3.63) is 71.0 Å². The zero-order chi connectivity index (χ0) is 20.8. The summed E-state index contributed by atoms with van der Waals surface area (Å²) < 4.78 is 13.8. The zero-order valence-electron chi connectivity index (χ0n) is 16.2. The summed E-state index contributed by atoms with van der Waals surface area (Å²) in [5, 5.41) is 3.27. The van der Waals surface area contributed by atoms with E-state index >= 15 is 0 Å². The number of piperazine rings is 1. The Kier molecular flexibility index (Phi) is 6.88. The van der Waals surface area contributed by atoms with Crippen LogP contribution in [0.4, 0.5) is 10.1 Å². The molecule has 1 aliphatic heterocycles. The predicted octanol–water partition coefficient (Wildman–Crippen LogP) is 3.35. The molecule has 1 aliphatic rings. The largest absolute Gasteiger partial charge is 0.368 e. The Bertz CT molecular complexity index is 924. The molecule has 1 saturated heterocycles. The maximum absolute atomic E-state index is 13.8. The molecular formula is C22H23ClFN3O2. The molecule has 0 unspecified atom stereocenters. The number of benzene rings is 2. The molecule has 0 aromatic heterocycles. The van der Waals surface area contributed by atoms with Crippen molar-refractivity contribution in [1.29, 1.82) is 0 Å². The van der Waals surface area contributed by atoms with Gasteiger partial charge in [-0.25, -0.2) is 4.39 Å². The monoisotopic (exact) mass is 415 g/mol. The van der Waals surface area contributed by atoms with Crippen LogP contribution in [0.15, 0.2) is 54.6 Å². The van der Waals surface area contributed by atoms with Crippen LogP contribution >= 0.6 is 11.6 Å². The number of allylic oxidation sites excluding steroid dienone is 1. The van der Waals surface area contributed by atoms with Gasteiger partial charge in [-0.05, 0) is 36.8 Å². The van der Waals surface area contributed by atoms with Crippen molar-refractivity contribution in [3.8, 4) is 0 Å². The number of anilines is 1. The molecule has 3 rings (SSSR count). The first-order valence-electron chi connectivity index (χ1n) is 9.43. The fraction of sp³-hybridized carbons (Fsp3) is 0.273. The lowest BCUT2D eigenvalue weighted by Crippen LogP contribution is -2.51. The van der Waals surface area contributed by atoms with E-state index in [-0.39, 0.29) is 18.3 Å². The van der Waals surface area contributed by atoms with Crippen LogP contribution in [0.5, 0.6) is 0 Å². The average Bonchev–Trinajstić information content (AvgIpc) is 2.72. The highest BCUT2D eigenvalue weighted by Gasteiger charge is 2.21. The van der Waals surface area contributed by atoms with Gasteiger partial charge in [-0.1, -0.05) is 35.9 Å². The number of carbonyl (C=O) groups is 2. The molecule has 29 heavy (non-hydrogen) atoms. The van der Waals surface area contributed by atoms with Gasteiger partial charge in [0.2, 0.25) is 11.8 Å². The van der Waals surface area contributed by atoms with Crippen LogP contribution < -0.4 is 10.2 Å². The third kappa shape index (κ3) is 5.57. The molecule has 0 saturated carbocycles. The van der Waals surface area contributed by atoms with Crippen molar-refractivity contribution in [2.45, 2.75) is 6.92 Å². The van der Waals surface area contributed by atoms with E-state index in [1.165, 1.54) is 12.1 Å². The number of nitrogens with one attached hydrogen (secondary N) is 1. The van der Waals surface area contributed by atoms with E-state index in [1.807, 2.05) is 24.3 Å². The molecule has 1 fully saturated rings. The highest BCUT2D eigenvalue weighted by molar-refractivity contribution is 6.30. The average molecular weight is 416 g/mol. The minimum absolute atomic E-state index is 0.0863. The fourth-order valence-corrected chi connectivity index (χ4v) is 3.45. The first-order valence-corrected chi connectivity index (χ1v) is 9.81. The first-order chi connectivity index (χ1) is 13.9. The number of rotatable bonds is 5. The Hall–Kier alpha value is -2.86. The quantitative estimate of drug-likeness (QED) is 0.762. The first kappa shape index (κ1) is 20.9. The Labute approximate surface area is 174 Å². The van der Waals surface area contributed by atoms with Crippen LogP contribution in [0, 0.1) is 5.82 Å². The highest BCUT2D eigenvalue weighted by Crippen LogP contribution is 2.21. The fourth-order valence-electron chi connectivity index (χ4n) is 3.27. The summed E-state index contributed by atoms with van der Waals surface area (Å²) in [5.41, 5.74) is 1.90. The van der Waals surface area contributed by atoms with Crippen molar-refractivity contribution in [1.82, 2.24) is 10.2 Å². The maximum atomic E-state index is 13.8. The molecule has 0 aliphatic carbocycles. The number of carbonyl (C=O) groups excluding carboxylic acids is 2. The second-order valence-electron chi connectivity index (χ2n) is 6.87. The predicted molar refractivity (Wildman–Crippen MR) is 113 cm³/mol. The van der Waals surface area contributed by atoms with Gasteiger partial charge >= 0.3 is 0 Å². The van der Waals surface area contributed by atoms with Crippen LogP contribution in [0.1, 0.15) is 12.5 Å². The Morgan fingerprint density at radius 2 is 1.83 bits per heavy atom. The van der Waals surface area contributed by atoms with E-state index in [1.54, 1.807) is 30.0 Å². The topological polar surface area (TPSA) is 52.7 Å². The Morgan fingerprint density at radius 3 is 2.52 bits per heavy atom. The van der Waals surface area contributed by atoms with E-state index in [2.05, 4.69) is 10.2 Å². The summed E-state index contributed by atoms with van der Waals surface area (Å²) in [6.07, 6.45) is 1.31. The molecule has 2 aromatic carbocycles. The van der Waals surface area contributed by atoms with Crippen LogP contribution in [-0.2, 0) is 9.59 Å². The second kappa shape index (κ2) is 9.56. The molecular weight excluding hydrogens is 393 g/mol. The van der Waals surface area contributed by atoms with Gasteiger partial charge in [0, 0.05) is 48.5 Å². The number of nitrogens with zero attached hydrogens (tertiary/aromatic N) is 2. The summed E-state index contributed by atoms with van der Waals surface area (Å²) in [7, 11) is 0. The lowest BCUT2D eigenvalue weighted by Gasteiger charge is -2.36. The number of hydrogen-bond acceptors (Lipinski definition) is 3. The molecule has 7 heteroatoms. The van der Waals surface area contributed by atoms with E-state index < -0.39 is 5.91 Å². The molecule has 5 nitrogen and oxygen atoms in total. The molecule has 152 valence electrons. The molecule has 0 spiro atoms. The standard InChI is InChI=1S/C22H23ClFN3O2/c1-16(19-7-2-3-8-20(19)24)13-21(28)25-15-22(29)27-11-9-26(10-12-27)18-6-4-5-17(23)14-18/h2-8,13-14H,9-12,15H2,1H3,(H,25,28)/b16-13+. The van der Waals surface area contributed by atoms with Gasteiger partial charge in [-0.15, -0.1) is 0 Å². The van der Waals surface area contributed by atoms with Crippen LogP contribution in [-0.4, -0.2) is 49.4 Å². The number of hydrogen-bond donors (Lipinski definition) is 1. The van der Waals surface area contributed by atoms with Crippen LogP contribution in [0.2, 0.25) is 5.02 Å².